The highest BCUT2D eigenvalue weighted by atomic mass is 79.9. The van der Waals surface area contributed by atoms with Gasteiger partial charge in [0.1, 0.15) is 5.58 Å². The Bertz CT molecular complexity index is 1080. The Morgan fingerprint density at radius 1 is 1.19 bits per heavy atom. The van der Waals surface area contributed by atoms with Gasteiger partial charge in [-0.25, -0.2) is 5.43 Å². The molecule has 2 aromatic carbocycles. The highest BCUT2D eigenvalue weighted by molar-refractivity contribution is 9.13. The van der Waals surface area contributed by atoms with Crippen molar-refractivity contribution in [2.24, 2.45) is 5.10 Å². The number of nitrogens with zero attached hydrogens (tertiary/aromatic N) is 1. The van der Waals surface area contributed by atoms with Gasteiger partial charge in [-0.2, -0.15) is 5.10 Å². The van der Waals surface area contributed by atoms with Crippen LogP contribution in [-0.4, -0.2) is 24.3 Å². The lowest BCUT2D eigenvalue weighted by Crippen LogP contribution is -2.16. The zero-order valence-electron chi connectivity index (χ0n) is 13.5. The average Bonchev–Trinajstić information content (AvgIpc) is 3.06. The van der Waals surface area contributed by atoms with Crippen molar-refractivity contribution in [3.8, 4) is 11.5 Å². The molecule has 0 atom stereocenters. The summed E-state index contributed by atoms with van der Waals surface area (Å²) >= 11 is 13.4. The number of methoxy groups -OCH3 is 1. The van der Waals surface area contributed by atoms with E-state index in [0.29, 0.717) is 20.1 Å². The molecule has 0 aliphatic carbocycles. The van der Waals surface area contributed by atoms with Crippen LogP contribution in [0.3, 0.4) is 0 Å². The fraction of sp³-hybridized carbons (Fsp3) is 0.0588. The predicted octanol–water partition coefficient (Wildman–Crippen LogP) is 5.96. The lowest BCUT2D eigenvalue weighted by Gasteiger charge is -2.09. The van der Waals surface area contributed by atoms with E-state index in [9.17, 15) is 9.90 Å². The number of furan rings is 1. The summed E-state index contributed by atoms with van der Waals surface area (Å²) in [5.74, 6) is -0.133. The molecular weight excluding hydrogens is 616 g/mol. The van der Waals surface area contributed by atoms with E-state index in [0.717, 1.165) is 14.3 Å². The van der Waals surface area contributed by atoms with Crippen molar-refractivity contribution in [2.45, 2.75) is 0 Å². The summed E-state index contributed by atoms with van der Waals surface area (Å²) in [6, 6.07) is 6.89. The van der Waals surface area contributed by atoms with Gasteiger partial charge in [0.05, 0.1) is 22.3 Å². The van der Waals surface area contributed by atoms with Crippen LogP contribution in [0, 0.1) is 0 Å². The largest absolute Gasteiger partial charge is 0.503 e. The monoisotopic (exact) mass is 622 g/mol. The quantitative estimate of drug-likeness (QED) is 0.277. The fourth-order valence-electron chi connectivity index (χ4n) is 2.26. The van der Waals surface area contributed by atoms with Crippen molar-refractivity contribution in [1.82, 2.24) is 5.43 Å². The average molecular weight is 626 g/mol. The number of amides is 1. The molecule has 0 aliphatic heterocycles. The molecular formula is C17H10Br4N2O4. The minimum Gasteiger partial charge on any atom is -0.503 e. The van der Waals surface area contributed by atoms with Gasteiger partial charge >= 0.3 is 5.91 Å². The first-order chi connectivity index (χ1) is 12.8. The molecule has 0 bridgehead atoms. The second-order valence-electron chi connectivity index (χ2n) is 5.26. The van der Waals surface area contributed by atoms with E-state index in [1.54, 1.807) is 12.1 Å². The van der Waals surface area contributed by atoms with Crippen LogP contribution < -0.4 is 10.2 Å². The third kappa shape index (κ3) is 4.23. The maximum absolute atomic E-state index is 12.3. The van der Waals surface area contributed by atoms with E-state index in [1.165, 1.54) is 13.3 Å². The molecule has 0 saturated carbocycles. The van der Waals surface area contributed by atoms with Crippen molar-refractivity contribution in [2.75, 3.05) is 7.11 Å². The molecule has 0 spiro atoms. The lowest BCUT2D eigenvalue weighted by atomic mass is 10.2. The molecule has 6 nitrogen and oxygen atoms in total. The summed E-state index contributed by atoms with van der Waals surface area (Å²) in [5.41, 5.74) is 3.57. The molecule has 0 saturated heterocycles. The maximum atomic E-state index is 12.3. The minimum atomic E-state index is -0.494. The van der Waals surface area contributed by atoms with Gasteiger partial charge in [-0.3, -0.25) is 4.79 Å². The number of fused-ring (bicyclic) bond motifs is 1. The fourth-order valence-corrected chi connectivity index (χ4v) is 4.43. The molecule has 0 unspecified atom stereocenters. The van der Waals surface area contributed by atoms with E-state index in [2.05, 4.69) is 74.2 Å². The number of benzene rings is 2. The van der Waals surface area contributed by atoms with Crippen molar-refractivity contribution < 1.29 is 19.1 Å². The number of hydrazone groups is 1. The number of carbonyl (C=O) groups excluding carboxylic acids is 1. The van der Waals surface area contributed by atoms with E-state index >= 15 is 0 Å². The number of nitrogens with one attached hydrogen (secondary N) is 1. The van der Waals surface area contributed by atoms with E-state index in [-0.39, 0.29) is 17.3 Å². The Morgan fingerprint density at radius 3 is 2.63 bits per heavy atom. The number of hydrogen-bond donors (Lipinski definition) is 2. The van der Waals surface area contributed by atoms with Gasteiger partial charge in [0, 0.05) is 19.9 Å². The SMILES string of the molecule is COc1cc(/C=N\NC(=O)c2cc3cc(Br)cc(Br)c3o2)c(Br)c(Br)c1O. The molecule has 0 radical (unpaired) electrons. The normalized spacial score (nSPS) is 11.3. The van der Waals surface area contributed by atoms with E-state index in [1.807, 2.05) is 12.1 Å². The topological polar surface area (TPSA) is 84.1 Å². The van der Waals surface area contributed by atoms with Gasteiger partial charge in [0.15, 0.2) is 17.3 Å². The number of aromatic hydroxyl groups is 1. The second kappa shape index (κ2) is 8.34. The molecule has 1 heterocycles. The summed E-state index contributed by atoms with van der Waals surface area (Å²) in [7, 11) is 1.44. The van der Waals surface area contributed by atoms with E-state index in [4.69, 9.17) is 9.15 Å². The molecule has 0 fully saturated rings. The van der Waals surface area contributed by atoms with Crippen LogP contribution in [0.25, 0.3) is 11.0 Å². The van der Waals surface area contributed by atoms with Crippen molar-refractivity contribution in [3.05, 3.63) is 53.5 Å². The van der Waals surface area contributed by atoms with Crippen LogP contribution in [0.1, 0.15) is 16.1 Å². The first-order valence-corrected chi connectivity index (χ1v) is 10.5. The van der Waals surface area contributed by atoms with Gasteiger partial charge in [-0.15, -0.1) is 0 Å². The number of phenolic OH excluding ortho intramolecular Hbond substituents is 1. The highest BCUT2D eigenvalue weighted by Gasteiger charge is 2.16. The van der Waals surface area contributed by atoms with Crippen LogP contribution in [0.4, 0.5) is 0 Å². The Balaban J connectivity index is 1.82. The zero-order chi connectivity index (χ0) is 19.7. The van der Waals surface area contributed by atoms with Crippen LogP contribution in [0.5, 0.6) is 11.5 Å². The Morgan fingerprint density at radius 2 is 1.93 bits per heavy atom. The number of rotatable bonds is 4. The molecule has 27 heavy (non-hydrogen) atoms. The van der Waals surface area contributed by atoms with Gasteiger partial charge in [0.25, 0.3) is 0 Å². The first kappa shape index (κ1) is 20.4. The van der Waals surface area contributed by atoms with Crippen molar-refractivity contribution in [1.29, 1.82) is 0 Å². The standard InChI is InChI=1S/C17H10Br4N2O4/c1-26-11-4-8(13(20)14(21)15(11)24)6-22-23-17(25)12-3-7-2-9(18)5-10(19)16(7)27-12/h2-6,24H,1H3,(H,23,25)/b22-6-. The van der Waals surface area contributed by atoms with Gasteiger partial charge < -0.3 is 14.3 Å². The van der Waals surface area contributed by atoms with Gasteiger partial charge in [-0.1, -0.05) is 15.9 Å². The molecule has 0 aliphatic rings. The Kier molecular flexibility index (Phi) is 6.29. The summed E-state index contributed by atoms with van der Waals surface area (Å²) in [6.07, 6.45) is 1.42. The minimum absolute atomic E-state index is 0.0374. The Hall–Kier alpha value is -1.36. The van der Waals surface area contributed by atoms with Crippen molar-refractivity contribution in [3.63, 3.8) is 0 Å². The number of phenols is 1. The smallest absolute Gasteiger partial charge is 0.307 e. The predicted molar refractivity (Wildman–Crippen MR) is 117 cm³/mol. The molecule has 3 rings (SSSR count). The number of carbonyl (C=O) groups is 1. The molecule has 140 valence electrons. The first-order valence-electron chi connectivity index (χ1n) is 7.28. The molecule has 10 heteroatoms. The summed E-state index contributed by atoms with van der Waals surface area (Å²) in [4.78, 5) is 12.3. The highest BCUT2D eigenvalue weighted by Crippen LogP contribution is 2.41. The molecule has 1 aromatic heterocycles. The van der Waals surface area contributed by atoms with Crippen LogP contribution >= 0.6 is 63.7 Å². The third-order valence-corrected chi connectivity index (χ3v) is 6.73. The third-order valence-electron chi connectivity index (χ3n) is 3.52. The van der Waals surface area contributed by atoms with Crippen LogP contribution in [-0.2, 0) is 0 Å². The Labute approximate surface area is 187 Å². The summed E-state index contributed by atoms with van der Waals surface area (Å²) < 4.78 is 13.3. The maximum Gasteiger partial charge on any atom is 0.307 e. The number of halogens is 4. The van der Waals surface area contributed by atoms with Gasteiger partial charge in [0.2, 0.25) is 0 Å². The summed E-state index contributed by atoms with van der Waals surface area (Å²) in [6.45, 7) is 0. The second-order valence-corrected chi connectivity index (χ2v) is 8.62. The zero-order valence-corrected chi connectivity index (χ0v) is 19.9. The summed E-state index contributed by atoms with van der Waals surface area (Å²) in [5, 5.41) is 14.7. The van der Waals surface area contributed by atoms with Gasteiger partial charge in [-0.05, 0) is 72.1 Å². The molecule has 2 N–H and O–H groups in total. The number of ether oxygens (including phenoxy) is 1. The lowest BCUT2D eigenvalue weighted by molar-refractivity contribution is 0.0929. The van der Waals surface area contributed by atoms with Crippen molar-refractivity contribution >= 4 is 86.8 Å². The molecule has 1 amide bonds. The van der Waals surface area contributed by atoms with Crippen LogP contribution in [0.15, 0.2) is 51.7 Å². The number of hydrogen-bond acceptors (Lipinski definition) is 5. The van der Waals surface area contributed by atoms with E-state index < -0.39 is 5.91 Å². The van der Waals surface area contributed by atoms with Crippen LogP contribution in [0.2, 0.25) is 0 Å². The molecule has 3 aromatic rings.